The first-order chi connectivity index (χ1) is 4.13. The highest BCUT2D eigenvalue weighted by molar-refractivity contribution is 5.72. The summed E-state index contributed by atoms with van der Waals surface area (Å²) >= 11 is 0. The Morgan fingerprint density at radius 1 is 1.56 bits per heavy atom. The highest BCUT2D eigenvalue weighted by atomic mass is 16.1. The molecule has 1 amide bonds. The van der Waals surface area contributed by atoms with E-state index < -0.39 is 0 Å². The van der Waals surface area contributed by atoms with Crippen LogP contribution >= 0.6 is 0 Å². The third-order valence-electron chi connectivity index (χ3n) is 0.933. The van der Waals surface area contributed by atoms with Gasteiger partial charge in [0, 0.05) is 6.92 Å². The molecule has 3 heteroatoms. The molecule has 1 N–H and O–H groups in total. The zero-order valence-electron chi connectivity index (χ0n) is 6.27. The van der Waals surface area contributed by atoms with Crippen LogP contribution in [-0.2, 0) is 4.79 Å². The van der Waals surface area contributed by atoms with Gasteiger partial charge in [0.15, 0.2) is 0 Å². The molecule has 9 heavy (non-hydrogen) atoms. The minimum Gasteiger partial charge on any atom is -0.350 e. The molecule has 0 saturated heterocycles. The van der Waals surface area contributed by atoms with Crippen molar-refractivity contribution in [3.05, 3.63) is 0 Å². The van der Waals surface area contributed by atoms with Gasteiger partial charge in [0.2, 0.25) is 5.91 Å². The van der Waals surface area contributed by atoms with Gasteiger partial charge in [-0.05, 0) is 0 Å². The minimum atomic E-state index is 0.0388. The first-order valence-electron chi connectivity index (χ1n) is 3.02. The zero-order chi connectivity index (χ0) is 7.28. The van der Waals surface area contributed by atoms with Crippen molar-refractivity contribution in [1.82, 2.24) is 10.2 Å². The molecule has 1 radical (unpaired) electrons. The van der Waals surface area contributed by atoms with E-state index in [1.165, 1.54) is 6.92 Å². The Kier molecular flexibility index (Phi) is 4.05. The molecule has 0 aliphatic rings. The van der Waals surface area contributed by atoms with Crippen molar-refractivity contribution in [3.8, 4) is 0 Å². The van der Waals surface area contributed by atoms with Crippen LogP contribution in [0, 0.1) is 0 Å². The molecule has 0 spiro atoms. The van der Waals surface area contributed by atoms with E-state index in [0.29, 0.717) is 0 Å². The van der Waals surface area contributed by atoms with Gasteiger partial charge in [-0.3, -0.25) is 4.79 Å². The molecule has 0 saturated carbocycles. The molecule has 0 heterocycles. The maximum absolute atomic E-state index is 10.3. The first-order valence-corrected chi connectivity index (χ1v) is 3.02. The Morgan fingerprint density at radius 2 is 2.11 bits per heavy atom. The third-order valence-corrected chi connectivity index (χ3v) is 0.933. The number of rotatable bonds is 3. The standard InChI is InChI=1S/C6H14N2O/c1-6(9)7-4-5-8(2)3/h4-5H2,1-3H3,(H,7,9)/q+1. The molecule has 0 aromatic rings. The average Bonchev–Trinajstić information content (AvgIpc) is 1.63. The maximum Gasteiger partial charge on any atom is 0.217 e. The van der Waals surface area contributed by atoms with Gasteiger partial charge in [-0.15, -0.1) is 0 Å². The Balaban J connectivity index is 3.01. The van der Waals surface area contributed by atoms with Crippen molar-refractivity contribution in [2.75, 3.05) is 27.2 Å². The normalized spacial score (nSPS) is 9.78. The molecular formula is C6H14N2O+. The van der Waals surface area contributed by atoms with E-state index in [-0.39, 0.29) is 5.91 Å². The highest BCUT2D eigenvalue weighted by Crippen LogP contribution is 1.65. The van der Waals surface area contributed by atoms with Gasteiger partial charge in [-0.25, -0.2) is 0 Å². The third kappa shape index (κ3) is 7.43. The van der Waals surface area contributed by atoms with E-state index in [1.54, 1.807) is 0 Å². The number of amides is 1. The Labute approximate surface area is 56.0 Å². The maximum atomic E-state index is 10.3. The first kappa shape index (κ1) is 8.43. The van der Waals surface area contributed by atoms with Crippen LogP contribution in [-0.4, -0.2) is 33.1 Å². The monoisotopic (exact) mass is 130 g/mol. The van der Waals surface area contributed by atoms with Crippen LogP contribution in [0.25, 0.3) is 0 Å². The van der Waals surface area contributed by atoms with Crippen LogP contribution in [0.5, 0.6) is 0 Å². The van der Waals surface area contributed by atoms with E-state index in [9.17, 15) is 4.79 Å². The van der Waals surface area contributed by atoms with Gasteiger partial charge in [0.1, 0.15) is 20.6 Å². The second kappa shape index (κ2) is 4.32. The van der Waals surface area contributed by atoms with Crippen LogP contribution < -0.4 is 10.2 Å². The lowest BCUT2D eigenvalue weighted by molar-refractivity contribution is -0.118. The average molecular weight is 130 g/mol. The summed E-state index contributed by atoms with van der Waals surface area (Å²) < 4.78 is 0. The van der Waals surface area contributed by atoms with Crippen molar-refractivity contribution in [2.45, 2.75) is 6.92 Å². The van der Waals surface area contributed by atoms with Crippen LogP contribution in [0.4, 0.5) is 0 Å². The largest absolute Gasteiger partial charge is 0.350 e. The van der Waals surface area contributed by atoms with Gasteiger partial charge < -0.3 is 5.32 Å². The summed E-state index contributed by atoms with van der Waals surface area (Å²) in [6.07, 6.45) is 0. The minimum absolute atomic E-state index is 0.0388. The van der Waals surface area contributed by atoms with E-state index in [0.717, 1.165) is 13.1 Å². The topological polar surface area (TPSA) is 35.0 Å². The van der Waals surface area contributed by atoms with E-state index in [1.807, 2.05) is 19.0 Å². The predicted octanol–water partition coefficient (Wildman–Crippen LogP) is -0.478. The molecule has 0 atom stereocenters. The van der Waals surface area contributed by atoms with Gasteiger partial charge in [-0.2, -0.15) is 4.90 Å². The number of hydrogen-bond donors (Lipinski definition) is 1. The molecule has 0 aliphatic carbocycles. The quantitative estimate of drug-likeness (QED) is 0.515. The molecule has 0 bridgehead atoms. The van der Waals surface area contributed by atoms with Gasteiger partial charge >= 0.3 is 0 Å². The zero-order valence-corrected chi connectivity index (χ0v) is 6.27. The summed E-state index contributed by atoms with van der Waals surface area (Å²) in [5.74, 6) is 0.0388. The summed E-state index contributed by atoms with van der Waals surface area (Å²) in [7, 11) is 3.95. The molecule has 0 fully saturated rings. The Bertz CT molecular complexity index is 91.1. The molecular weight excluding hydrogens is 116 g/mol. The van der Waals surface area contributed by atoms with Gasteiger partial charge in [-0.1, -0.05) is 0 Å². The number of hydrogen-bond acceptors (Lipinski definition) is 2. The summed E-state index contributed by atoms with van der Waals surface area (Å²) in [6, 6.07) is 0. The molecule has 0 aromatic carbocycles. The van der Waals surface area contributed by atoms with Crippen LogP contribution in [0.15, 0.2) is 0 Å². The van der Waals surface area contributed by atoms with Crippen molar-refractivity contribution in [3.63, 3.8) is 0 Å². The molecule has 3 nitrogen and oxygen atoms in total. The molecule has 0 aromatic heterocycles. The number of carbonyl (C=O) groups excluding carboxylic acids is 1. The lowest BCUT2D eigenvalue weighted by Crippen LogP contribution is -2.32. The number of carbonyl (C=O) groups is 1. The fraction of sp³-hybridized carbons (Fsp3) is 0.833. The molecule has 0 rings (SSSR count). The number of nitrogens with one attached hydrogen (secondary N) is 1. The van der Waals surface area contributed by atoms with Crippen LogP contribution in [0.2, 0.25) is 0 Å². The van der Waals surface area contributed by atoms with E-state index >= 15 is 0 Å². The summed E-state index contributed by atoms with van der Waals surface area (Å²) in [5.41, 5.74) is 0. The van der Waals surface area contributed by atoms with Crippen molar-refractivity contribution < 1.29 is 4.79 Å². The number of likely N-dealkylation sites (N-methyl/N-ethyl adjacent to an activating group) is 1. The lowest BCUT2D eigenvalue weighted by Gasteiger charge is -2.00. The fourth-order valence-electron chi connectivity index (χ4n) is 0.456. The van der Waals surface area contributed by atoms with Crippen LogP contribution in [0.1, 0.15) is 6.92 Å². The van der Waals surface area contributed by atoms with Crippen molar-refractivity contribution in [2.24, 2.45) is 0 Å². The second-order valence-electron chi connectivity index (χ2n) is 2.29. The Hall–Kier alpha value is -0.570. The highest BCUT2D eigenvalue weighted by Gasteiger charge is 1.97. The van der Waals surface area contributed by atoms with Crippen molar-refractivity contribution in [1.29, 1.82) is 0 Å². The van der Waals surface area contributed by atoms with E-state index in [2.05, 4.69) is 5.32 Å². The molecule has 0 unspecified atom stereocenters. The lowest BCUT2D eigenvalue weighted by atomic mass is 10.5. The Morgan fingerprint density at radius 3 is 2.44 bits per heavy atom. The summed E-state index contributed by atoms with van der Waals surface area (Å²) in [5, 5.41) is 2.70. The van der Waals surface area contributed by atoms with Crippen LogP contribution in [0.3, 0.4) is 0 Å². The second-order valence-corrected chi connectivity index (χ2v) is 2.29. The van der Waals surface area contributed by atoms with E-state index in [4.69, 9.17) is 0 Å². The van der Waals surface area contributed by atoms with Gasteiger partial charge in [0.25, 0.3) is 0 Å². The number of nitrogens with zero attached hydrogens (tertiary/aromatic N) is 1. The SMILES string of the molecule is CC(=O)NCC[N+](C)C. The molecule has 0 aliphatic heterocycles. The fourth-order valence-corrected chi connectivity index (χ4v) is 0.456. The predicted molar refractivity (Wildman–Crippen MR) is 37.5 cm³/mol. The van der Waals surface area contributed by atoms with Gasteiger partial charge in [0.05, 0.1) is 6.54 Å². The smallest absolute Gasteiger partial charge is 0.217 e. The molecule has 53 valence electrons. The summed E-state index contributed by atoms with van der Waals surface area (Å²) in [6.45, 7) is 3.16. The van der Waals surface area contributed by atoms with Crippen molar-refractivity contribution >= 4 is 5.91 Å². The summed E-state index contributed by atoms with van der Waals surface area (Å²) in [4.78, 5) is 12.3.